The van der Waals surface area contributed by atoms with E-state index in [9.17, 15) is 4.79 Å². The fourth-order valence-corrected chi connectivity index (χ4v) is 1.58. The van der Waals surface area contributed by atoms with Gasteiger partial charge < -0.3 is 10.1 Å². The number of thiocarbonyl (C=S) groups is 1. The van der Waals surface area contributed by atoms with Crippen molar-refractivity contribution in [2.75, 3.05) is 12.4 Å². The number of methoxy groups -OCH3 is 1. The average Bonchev–Trinajstić information content (AvgIpc) is 2.23. The first-order chi connectivity index (χ1) is 7.54. The van der Waals surface area contributed by atoms with Gasteiger partial charge in [0.25, 0.3) is 0 Å². The number of para-hydroxylation sites is 1. The lowest BCUT2D eigenvalue weighted by Gasteiger charge is -2.11. The second kappa shape index (κ2) is 5.89. The molecule has 86 valence electrons. The number of carbonyl (C=O) groups excluding carboxylic acids is 1. The normalized spacial score (nSPS) is 9.44. The van der Waals surface area contributed by atoms with Gasteiger partial charge in [-0.2, -0.15) is 0 Å². The van der Waals surface area contributed by atoms with Crippen molar-refractivity contribution in [3.05, 3.63) is 28.2 Å². The number of amides is 1. The summed E-state index contributed by atoms with van der Waals surface area (Å²) in [6, 6.07) is 5.00. The van der Waals surface area contributed by atoms with Crippen molar-refractivity contribution in [1.82, 2.24) is 5.32 Å². The molecule has 1 aromatic rings. The van der Waals surface area contributed by atoms with Gasteiger partial charge >= 0.3 is 6.09 Å². The summed E-state index contributed by atoms with van der Waals surface area (Å²) in [7, 11) is 1.24. The highest BCUT2D eigenvalue weighted by atomic mass is 35.5. The van der Waals surface area contributed by atoms with E-state index >= 15 is 0 Å². The molecule has 2 N–H and O–H groups in total. The van der Waals surface area contributed by atoms with E-state index in [1.807, 2.05) is 0 Å². The van der Waals surface area contributed by atoms with Gasteiger partial charge in [-0.25, -0.2) is 4.79 Å². The molecular weight excluding hydrogens is 271 g/mol. The first kappa shape index (κ1) is 13.0. The maximum Gasteiger partial charge on any atom is 0.413 e. The van der Waals surface area contributed by atoms with Gasteiger partial charge in [0.1, 0.15) is 0 Å². The Morgan fingerprint density at radius 3 is 2.44 bits per heavy atom. The standard InChI is InChI=1S/C9H8Cl2N2O2S/c1-15-9(14)13-8(16)12-7-5(10)3-2-4-6(7)11/h2-4H,1H3,(H2,12,13,14,16). The fourth-order valence-electron chi connectivity index (χ4n) is 0.906. The number of nitrogens with one attached hydrogen (secondary N) is 2. The Hall–Kier alpha value is -1.04. The lowest BCUT2D eigenvalue weighted by Crippen LogP contribution is -2.34. The number of alkyl carbamates (subject to hydrolysis) is 1. The van der Waals surface area contributed by atoms with Crippen molar-refractivity contribution in [3.8, 4) is 0 Å². The molecule has 0 bridgehead atoms. The monoisotopic (exact) mass is 278 g/mol. The summed E-state index contributed by atoms with van der Waals surface area (Å²) in [6.45, 7) is 0. The van der Waals surface area contributed by atoms with E-state index in [1.165, 1.54) is 7.11 Å². The Kier molecular flexibility index (Phi) is 4.79. The Morgan fingerprint density at radius 1 is 1.38 bits per heavy atom. The molecule has 1 amide bonds. The molecule has 16 heavy (non-hydrogen) atoms. The van der Waals surface area contributed by atoms with Crippen LogP contribution in [0.3, 0.4) is 0 Å². The number of benzene rings is 1. The van der Waals surface area contributed by atoms with Gasteiger partial charge in [-0.3, -0.25) is 5.32 Å². The van der Waals surface area contributed by atoms with Crippen molar-refractivity contribution >= 4 is 52.3 Å². The third-order valence-corrected chi connectivity index (χ3v) is 2.44. The van der Waals surface area contributed by atoms with Crippen LogP contribution in [-0.4, -0.2) is 18.3 Å². The van der Waals surface area contributed by atoms with Crippen molar-refractivity contribution in [2.45, 2.75) is 0 Å². The zero-order chi connectivity index (χ0) is 12.1. The van der Waals surface area contributed by atoms with E-state index in [-0.39, 0.29) is 5.11 Å². The molecule has 0 saturated heterocycles. The summed E-state index contributed by atoms with van der Waals surface area (Å²) in [6.07, 6.45) is -0.666. The molecule has 0 aliphatic carbocycles. The van der Waals surface area contributed by atoms with E-state index in [2.05, 4.69) is 15.4 Å². The van der Waals surface area contributed by atoms with Gasteiger partial charge in [-0.05, 0) is 24.4 Å². The fraction of sp³-hybridized carbons (Fsp3) is 0.111. The van der Waals surface area contributed by atoms with E-state index < -0.39 is 6.09 Å². The summed E-state index contributed by atoms with van der Waals surface area (Å²) in [5, 5.41) is 5.84. The van der Waals surface area contributed by atoms with Crippen molar-refractivity contribution < 1.29 is 9.53 Å². The summed E-state index contributed by atoms with van der Waals surface area (Å²) in [5.41, 5.74) is 0.437. The zero-order valence-electron chi connectivity index (χ0n) is 8.21. The first-order valence-electron chi connectivity index (χ1n) is 4.14. The average molecular weight is 279 g/mol. The van der Waals surface area contributed by atoms with Crippen LogP contribution in [0.4, 0.5) is 10.5 Å². The Morgan fingerprint density at radius 2 is 1.94 bits per heavy atom. The van der Waals surface area contributed by atoms with Gasteiger partial charge in [0.05, 0.1) is 22.8 Å². The van der Waals surface area contributed by atoms with Gasteiger partial charge in [-0.15, -0.1) is 0 Å². The second-order valence-electron chi connectivity index (χ2n) is 2.67. The highest BCUT2D eigenvalue weighted by Crippen LogP contribution is 2.29. The number of hydrogen-bond donors (Lipinski definition) is 2. The topological polar surface area (TPSA) is 50.4 Å². The molecule has 0 fully saturated rings. The summed E-state index contributed by atoms with van der Waals surface area (Å²) in [4.78, 5) is 10.9. The lowest BCUT2D eigenvalue weighted by atomic mass is 10.3. The van der Waals surface area contributed by atoms with Crippen molar-refractivity contribution in [2.24, 2.45) is 0 Å². The molecule has 0 unspecified atom stereocenters. The van der Waals surface area contributed by atoms with Crippen LogP contribution >= 0.6 is 35.4 Å². The molecule has 4 nitrogen and oxygen atoms in total. The van der Waals surface area contributed by atoms with Crippen LogP contribution in [0.15, 0.2) is 18.2 Å². The SMILES string of the molecule is COC(=O)NC(=S)Nc1c(Cl)cccc1Cl. The third-order valence-electron chi connectivity index (χ3n) is 1.60. The molecule has 0 aromatic heterocycles. The number of rotatable bonds is 1. The van der Waals surface area contributed by atoms with Crippen LogP contribution in [0.25, 0.3) is 0 Å². The predicted molar refractivity (Wildman–Crippen MR) is 68.2 cm³/mol. The van der Waals surface area contributed by atoms with E-state index in [0.717, 1.165) is 0 Å². The number of hydrogen-bond acceptors (Lipinski definition) is 3. The summed E-state index contributed by atoms with van der Waals surface area (Å²) < 4.78 is 4.38. The van der Waals surface area contributed by atoms with Crippen LogP contribution in [0.2, 0.25) is 10.0 Å². The van der Waals surface area contributed by atoms with Crippen LogP contribution in [-0.2, 0) is 4.74 Å². The van der Waals surface area contributed by atoms with Crippen LogP contribution in [0, 0.1) is 0 Å². The van der Waals surface area contributed by atoms with Gasteiger partial charge in [0.15, 0.2) is 5.11 Å². The van der Waals surface area contributed by atoms with Crippen molar-refractivity contribution in [1.29, 1.82) is 0 Å². The molecule has 0 radical (unpaired) electrons. The lowest BCUT2D eigenvalue weighted by molar-refractivity contribution is 0.177. The predicted octanol–water partition coefficient (Wildman–Crippen LogP) is 3.05. The highest BCUT2D eigenvalue weighted by Gasteiger charge is 2.09. The maximum absolute atomic E-state index is 10.9. The molecular formula is C9H8Cl2N2O2S. The zero-order valence-corrected chi connectivity index (χ0v) is 10.5. The Balaban J connectivity index is 2.73. The first-order valence-corrected chi connectivity index (χ1v) is 5.31. The number of carbonyl (C=O) groups is 1. The maximum atomic E-state index is 10.9. The molecule has 1 aromatic carbocycles. The second-order valence-corrected chi connectivity index (χ2v) is 3.89. The molecule has 0 heterocycles. The Bertz CT molecular complexity index is 406. The minimum absolute atomic E-state index is 0.0573. The molecule has 7 heteroatoms. The molecule has 0 aliphatic heterocycles. The largest absolute Gasteiger partial charge is 0.453 e. The number of halogens is 2. The van der Waals surface area contributed by atoms with Crippen LogP contribution in [0.1, 0.15) is 0 Å². The molecule has 0 atom stereocenters. The smallest absolute Gasteiger partial charge is 0.413 e. The quantitative estimate of drug-likeness (QED) is 0.776. The number of ether oxygens (including phenoxy) is 1. The third kappa shape index (κ3) is 3.52. The Labute approximate surface area is 108 Å². The van der Waals surface area contributed by atoms with Gasteiger partial charge in [0, 0.05) is 0 Å². The minimum Gasteiger partial charge on any atom is -0.453 e. The number of anilines is 1. The minimum atomic E-state index is -0.666. The molecule has 0 saturated carbocycles. The van der Waals surface area contributed by atoms with E-state index in [0.29, 0.717) is 15.7 Å². The van der Waals surface area contributed by atoms with Gasteiger partial charge in [-0.1, -0.05) is 29.3 Å². The molecule has 1 rings (SSSR count). The highest BCUT2D eigenvalue weighted by molar-refractivity contribution is 7.80. The van der Waals surface area contributed by atoms with Crippen LogP contribution < -0.4 is 10.6 Å². The molecule has 0 aliphatic rings. The van der Waals surface area contributed by atoms with E-state index in [4.69, 9.17) is 35.4 Å². The molecule has 0 spiro atoms. The van der Waals surface area contributed by atoms with E-state index in [1.54, 1.807) is 18.2 Å². The van der Waals surface area contributed by atoms with Crippen molar-refractivity contribution in [3.63, 3.8) is 0 Å². The summed E-state index contributed by atoms with van der Waals surface area (Å²) in [5.74, 6) is 0. The van der Waals surface area contributed by atoms with Crippen LogP contribution in [0.5, 0.6) is 0 Å². The van der Waals surface area contributed by atoms with Gasteiger partial charge in [0.2, 0.25) is 0 Å². The summed E-state index contributed by atoms with van der Waals surface area (Å²) >= 11 is 16.6.